The minimum atomic E-state index is -4.50. The highest BCUT2D eigenvalue weighted by Crippen LogP contribution is 2.09. The molecule has 0 saturated heterocycles. The molecule has 0 fully saturated rings. The third kappa shape index (κ3) is 17.0. The molecule has 0 aliphatic carbocycles. The van der Waals surface area contributed by atoms with Gasteiger partial charge in [-0.05, 0) is 19.8 Å². The van der Waals surface area contributed by atoms with Crippen molar-refractivity contribution >= 4 is 22.1 Å². The second-order valence-corrected chi connectivity index (χ2v) is 6.06. The van der Waals surface area contributed by atoms with Gasteiger partial charge in [0.25, 0.3) is 0 Å². The van der Waals surface area contributed by atoms with Gasteiger partial charge in [0.15, 0.2) is 0 Å². The Kier molecular flexibility index (Phi) is 11.1. The smallest absolute Gasteiger partial charge is 0.332 e. The lowest BCUT2D eigenvalue weighted by atomic mass is 10.1. The van der Waals surface area contributed by atoms with Gasteiger partial charge in [-0.15, -0.1) is 0 Å². The van der Waals surface area contributed by atoms with Gasteiger partial charge in [-0.25, -0.2) is 4.18 Å². The van der Waals surface area contributed by atoms with Crippen LogP contribution in [0.5, 0.6) is 0 Å². The predicted molar refractivity (Wildman–Crippen MR) is 77.9 cm³/mol. The van der Waals surface area contributed by atoms with Crippen molar-refractivity contribution in [1.82, 2.24) is 5.32 Å². The Labute approximate surface area is 126 Å². The second kappa shape index (κ2) is 11.6. The highest BCUT2D eigenvalue weighted by Gasteiger charge is 2.05. The highest BCUT2D eigenvalue weighted by molar-refractivity contribution is 7.80. The van der Waals surface area contributed by atoms with Crippen molar-refractivity contribution in [2.75, 3.05) is 6.73 Å². The molecule has 0 aromatic rings. The van der Waals surface area contributed by atoms with Crippen LogP contribution in [0.3, 0.4) is 0 Å². The van der Waals surface area contributed by atoms with Crippen LogP contribution in [0.25, 0.3) is 0 Å². The Morgan fingerprint density at radius 3 is 1.90 bits per heavy atom. The van der Waals surface area contributed by atoms with Crippen molar-refractivity contribution in [1.29, 1.82) is 0 Å². The first-order valence-corrected chi connectivity index (χ1v) is 8.56. The van der Waals surface area contributed by atoms with Crippen LogP contribution in [0.15, 0.2) is 0 Å². The average molecular weight is 323 g/mol. The number of hydrogen-bond acceptors (Lipinski definition) is 5. The summed E-state index contributed by atoms with van der Waals surface area (Å²) in [5.74, 6) is -0.0703. The molecule has 0 rings (SSSR count). The summed E-state index contributed by atoms with van der Waals surface area (Å²) >= 11 is 0. The van der Waals surface area contributed by atoms with Gasteiger partial charge in [0, 0.05) is 12.8 Å². The zero-order chi connectivity index (χ0) is 16.1. The van der Waals surface area contributed by atoms with Gasteiger partial charge in [0.1, 0.15) is 12.5 Å². The van der Waals surface area contributed by atoms with Gasteiger partial charge < -0.3 is 10.1 Å². The summed E-state index contributed by atoms with van der Waals surface area (Å²) in [7, 11) is -4.50. The largest absolute Gasteiger partial charge is 0.399 e. The monoisotopic (exact) mass is 323 g/mol. The predicted octanol–water partition coefficient (Wildman–Crippen LogP) is 1.98. The summed E-state index contributed by atoms with van der Waals surface area (Å²) in [5.41, 5.74) is 0. The fourth-order valence-electron chi connectivity index (χ4n) is 1.82. The van der Waals surface area contributed by atoms with Crippen LogP contribution in [0, 0.1) is 0 Å². The molecule has 0 aromatic heterocycles. The summed E-state index contributed by atoms with van der Waals surface area (Å²) in [6.07, 6.45) is 7.86. The van der Waals surface area contributed by atoms with E-state index in [1.54, 1.807) is 6.92 Å². The van der Waals surface area contributed by atoms with Gasteiger partial charge in [-0.3, -0.25) is 9.35 Å². The van der Waals surface area contributed by atoms with Crippen molar-refractivity contribution in [3.8, 4) is 0 Å². The van der Waals surface area contributed by atoms with Crippen molar-refractivity contribution in [2.45, 2.75) is 64.7 Å². The molecular weight excluding hydrogens is 298 g/mol. The van der Waals surface area contributed by atoms with E-state index in [9.17, 15) is 18.0 Å². The fraction of sp³-hybridized carbons (Fsp3) is 0.846. The maximum atomic E-state index is 11.3. The third-order valence-electron chi connectivity index (χ3n) is 2.91. The highest BCUT2D eigenvalue weighted by atomic mass is 32.3. The topological polar surface area (TPSA) is 110 Å². The summed E-state index contributed by atoms with van der Waals surface area (Å²) in [5, 5.41) is 2.24. The van der Waals surface area contributed by atoms with Crippen LogP contribution in [0.2, 0.25) is 0 Å². The van der Waals surface area contributed by atoms with E-state index in [0.29, 0.717) is 12.8 Å². The van der Waals surface area contributed by atoms with Gasteiger partial charge in [0.2, 0.25) is 5.91 Å². The minimum Gasteiger partial charge on any atom is -0.332 e. The maximum Gasteiger partial charge on any atom is 0.399 e. The molecule has 0 aliphatic heterocycles. The number of rotatable bonds is 13. The summed E-state index contributed by atoms with van der Waals surface area (Å²) in [6, 6.07) is 0. The first kappa shape index (κ1) is 20.0. The lowest BCUT2D eigenvalue weighted by Crippen LogP contribution is -2.27. The number of nitrogens with one attached hydrogen (secondary N) is 1. The van der Waals surface area contributed by atoms with Gasteiger partial charge >= 0.3 is 10.4 Å². The number of ketones is 1. The number of Topliss-reactive ketones (excluding diaryl/α,β-unsaturated/α-hetero) is 1. The molecule has 0 unspecified atom stereocenters. The molecule has 0 atom stereocenters. The van der Waals surface area contributed by atoms with Crippen LogP contribution in [-0.2, 0) is 24.2 Å². The standard InChI is InChI=1S/C13H25NO6S/c1-12(15)9-7-5-3-2-4-6-8-10-13(16)14-11-20-21(17,18)19/h2-11H2,1H3,(H,14,16)(H,17,18,19). The van der Waals surface area contributed by atoms with E-state index >= 15 is 0 Å². The molecule has 0 heterocycles. The maximum absolute atomic E-state index is 11.3. The lowest BCUT2D eigenvalue weighted by molar-refractivity contribution is -0.122. The molecule has 0 saturated carbocycles. The molecule has 0 aromatic carbocycles. The van der Waals surface area contributed by atoms with Crippen molar-refractivity contribution < 1.29 is 26.7 Å². The molecule has 124 valence electrons. The van der Waals surface area contributed by atoms with E-state index in [1.807, 2.05) is 0 Å². The van der Waals surface area contributed by atoms with Crippen LogP contribution >= 0.6 is 0 Å². The summed E-state index contributed by atoms with van der Waals surface area (Å²) < 4.78 is 32.7. The van der Waals surface area contributed by atoms with E-state index in [2.05, 4.69) is 9.50 Å². The molecule has 0 spiro atoms. The molecule has 0 aliphatic rings. The van der Waals surface area contributed by atoms with Gasteiger partial charge in [-0.1, -0.05) is 32.1 Å². The molecule has 8 heteroatoms. The normalized spacial score (nSPS) is 11.3. The zero-order valence-corrected chi connectivity index (χ0v) is 13.3. The summed E-state index contributed by atoms with van der Waals surface area (Å²) in [4.78, 5) is 22.0. The van der Waals surface area contributed by atoms with Crippen molar-refractivity contribution in [2.24, 2.45) is 0 Å². The van der Waals surface area contributed by atoms with E-state index in [0.717, 1.165) is 44.9 Å². The number of carbonyl (C=O) groups excluding carboxylic acids is 2. The van der Waals surface area contributed by atoms with Crippen LogP contribution < -0.4 is 5.32 Å². The minimum absolute atomic E-state index is 0.235. The lowest BCUT2D eigenvalue weighted by Gasteiger charge is -2.04. The zero-order valence-electron chi connectivity index (χ0n) is 12.5. The number of carbonyl (C=O) groups is 2. The first-order valence-electron chi connectivity index (χ1n) is 7.19. The van der Waals surface area contributed by atoms with Crippen molar-refractivity contribution in [3.63, 3.8) is 0 Å². The first-order chi connectivity index (χ1) is 9.81. The van der Waals surface area contributed by atoms with Crippen LogP contribution in [0.4, 0.5) is 0 Å². The number of unbranched alkanes of at least 4 members (excludes halogenated alkanes) is 6. The Morgan fingerprint density at radius 2 is 1.43 bits per heavy atom. The quantitative estimate of drug-likeness (QED) is 0.305. The average Bonchev–Trinajstić information content (AvgIpc) is 2.34. The van der Waals surface area contributed by atoms with E-state index in [-0.39, 0.29) is 11.7 Å². The molecule has 0 radical (unpaired) electrons. The molecular formula is C13H25NO6S. The summed E-state index contributed by atoms with van der Waals surface area (Å²) in [6.45, 7) is 1.06. The van der Waals surface area contributed by atoms with Crippen molar-refractivity contribution in [3.05, 3.63) is 0 Å². The Bertz CT molecular complexity index is 407. The van der Waals surface area contributed by atoms with Gasteiger partial charge in [0.05, 0.1) is 0 Å². The third-order valence-corrected chi connectivity index (χ3v) is 3.33. The molecule has 2 N–H and O–H groups in total. The second-order valence-electron chi connectivity index (χ2n) is 4.97. The van der Waals surface area contributed by atoms with Gasteiger partial charge in [-0.2, -0.15) is 8.42 Å². The molecule has 0 bridgehead atoms. The number of amides is 1. The number of hydrogen-bond donors (Lipinski definition) is 2. The Morgan fingerprint density at radius 1 is 0.952 bits per heavy atom. The van der Waals surface area contributed by atoms with Crippen LogP contribution in [-0.4, -0.2) is 31.4 Å². The molecule has 1 amide bonds. The van der Waals surface area contributed by atoms with E-state index < -0.39 is 17.1 Å². The van der Waals surface area contributed by atoms with Crippen LogP contribution in [0.1, 0.15) is 64.7 Å². The Hall–Kier alpha value is -0.990. The van der Waals surface area contributed by atoms with E-state index in [4.69, 9.17) is 4.55 Å². The SMILES string of the molecule is CC(=O)CCCCCCCCCC(=O)NCOS(=O)(=O)O. The Balaban J connectivity index is 3.31. The fourth-order valence-corrected chi connectivity index (χ4v) is 2.02. The molecule has 7 nitrogen and oxygen atoms in total. The van der Waals surface area contributed by atoms with E-state index in [1.165, 1.54) is 0 Å². The molecule has 21 heavy (non-hydrogen) atoms.